The van der Waals surface area contributed by atoms with Gasteiger partial charge >= 0.3 is 0 Å². The van der Waals surface area contributed by atoms with E-state index in [1.54, 1.807) is 0 Å². The van der Waals surface area contributed by atoms with E-state index in [9.17, 15) is 9.18 Å². The minimum Gasteiger partial charge on any atom is -0.327 e. The Morgan fingerprint density at radius 2 is 1.65 bits per heavy atom. The molecule has 0 spiro atoms. The number of rotatable bonds is 2. The maximum Gasteiger partial charge on any atom is 0.254 e. The van der Waals surface area contributed by atoms with Crippen molar-refractivity contribution in [2.45, 2.75) is 12.5 Å². The first kappa shape index (κ1) is 16.8. The van der Waals surface area contributed by atoms with Gasteiger partial charge in [-0.05, 0) is 59.5 Å². The highest BCUT2D eigenvalue weighted by atomic mass is 35.5. The Balaban J connectivity index is 1.78. The lowest BCUT2D eigenvalue weighted by molar-refractivity contribution is 0.0694. The fraction of sp³-hybridized carbons (Fsp3) is 0.136. The summed E-state index contributed by atoms with van der Waals surface area (Å²) >= 11 is 6.04. The third-order valence-corrected chi connectivity index (χ3v) is 5.07. The molecule has 2 nitrogen and oxygen atoms in total. The first-order chi connectivity index (χ1) is 12.6. The second-order valence-corrected chi connectivity index (χ2v) is 6.84. The van der Waals surface area contributed by atoms with Crippen LogP contribution in [0.15, 0.2) is 72.8 Å². The molecule has 0 saturated heterocycles. The zero-order valence-corrected chi connectivity index (χ0v) is 14.8. The van der Waals surface area contributed by atoms with Crippen LogP contribution in [0, 0.1) is 5.82 Å². The highest BCUT2D eigenvalue weighted by Crippen LogP contribution is 2.36. The number of carbonyl (C=O) groups excluding carboxylic acids is 1. The second-order valence-electron chi connectivity index (χ2n) is 6.41. The molecular weight excluding hydrogens is 349 g/mol. The fourth-order valence-electron chi connectivity index (χ4n) is 3.55. The summed E-state index contributed by atoms with van der Waals surface area (Å²) in [6.07, 6.45) is 0.799. The maximum absolute atomic E-state index is 13.2. The van der Waals surface area contributed by atoms with E-state index in [-0.39, 0.29) is 17.8 Å². The standard InChI is InChI=1S/C22H17ClFNO/c23-18-9-5-16(6-10-18)21-20-4-2-1-3-15(20)13-14-25(21)22(26)17-7-11-19(24)12-8-17/h1-12,21H,13-14H2/t21-/m0/s1. The molecule has 0 unspecified atom stereocenters. The molecule has 130 valence electrons. The molecule has 1 amide bonds. The molecule has 0 bridgehead atoms. The van der Waals surface area contributed by atoms with Crippen LogP contribution in [0.2, 0.25) is 5.02 Å². The molecule has 4 heteroatoms. The molecule has 1 aliphatic heterocycles. The second kappa shape index (κ2) is 6.93. The van der Waals surface area contributed by atoms with Crippen LogP contribution in [0.3, 0.4) is 0 Å². The molecule has 0 aliphatic carbocycles. The van der Waals surface area contributed by atoms with E-state index in [2.05, 4.69) is 12.1 Å². The largest absolute Gasteiger partial charge is 0.327 e. The van der Waals surface area contributed by atoms with Gasteiger partial charge in [-0.3, -0.25) is 4.79 Å². The van der Waals surface area contributed by atoms with Crippen molar-refractivity contribution in [1.82, 2.24) is 4.90 Å². The molecule has 26 heavy (non-hydrogen) atoms. The SMILES string of the molecule is O=C(c1ccc(F)cc1)N1CCc2ccccc2[C@@H]1c1ccc(Cl)cc1. The summed E-state index contributed by atoms with van der Waals surface area (Å²) < 4.78 is 13.2. The van der Waals surface area contributed by atoms with Crippen molar-refractivity contribution in [2.75, 3.05) is 6.54 Å². The van der Waals surface area contributed by atoms with Gasteiger partial charge in [0.05, 0.1) is 6.04 Å². The van der Waals surface area contributed by atoms with Crippen molar-refractivity contribution in [3.05, 3.63) is 106 Å². The van der Waals surface area contributed by atoms with E-state index in [0.717, 1.165) is 17.5 Å². The van der Waals surface area contributed by atoms with Crippen LogP contribution in [0.5, 0.6) is 0 Å². The molecule has 0 aromatic heterocycles. The maximum atomic E-state index is 13.2. The van der Waals surface area contributed by atoms with E-state index in [1.807, 2.05) is 41.3 Å². The summed E-state index contributed by atoms with van der Waals surface area (Å²) in [6.45, 7) is 0.612. The zero-order valence-electron chi connectivity index (χ0n) is 14.0. The quantitative estimate of drug-likeness (QED) is 0.606. The van der Waals surface area contributed by atoms with Crippen molar-refractivity contribution >= 4 is 17.5 Å². The van der Waals surface area contributed by atoms with Crippen LogP contribution in [-0.4, -0.2) is 17.4 Å². The van der Waals surface area contributed by atoms with Gasteiger partial charge in [0.1, 0.15) is 5.82 Å². The summed E-state index contributed by atoms with van der Waals surface area (Å²) in [6, 6.07) is 21.3. The molecule has 3 aromatic carbocycles. The normalized spacial score (nSPS) is 16.2. The van der Waals surface area contributed by atoms with E-state index in [1.165, 1.54) is 29.8 Å². The molecule has 0 saturated carbocycles. The van der Waals surface area contributed by atoms with Gasteiger partial charge in [0.25, 0.3) is 5.91 Å². The predicted octanol–water partition coefficient (Wildman–Crippen LogP) is 5.27. The van der Waals surface area contributed by atoms with Crippen LogP contribution < -0.4 is 0 Å². The molecule has 0 fully saturated rings. The Labute approximate surface area is 156 Å². The van der Waals surface area contributed by atoms with Gasteiger partial charge in [-0.1, -0.05) is 48.0 Å². The molecule has 0 radical (unpaired) electrons. The van der Waals surface area contributed by atoms with Gasteiger partial charge < -0.3 is 4.90 Å². The minimum absolute atomic E-state index is 0.0977. The van der Waals surface area contributed by atoms with E-state index >= 15 is 0 Å². The summed E-state index contributed by atoms with van der Waals surface area (Å²) in [5.74, 6) is -0.445. The third kappa shape index (κ3) is 3.11. The number of nitrogens with zero attached hydrogens (tertiary/aromatic N) is 1. The molecule has 1 atom stereocenters. The number of hydrogen-bond donors (Lipinski definition) is 0. The number of halogens is 2. The molecular formula is C22H17ClFNO. The Bertz CT molecular complexity index is 937. The summed E-state index contributed by atoms with van der Waals surface area (Å²) in [5, 5.41) is 0.661. The molecule has 1 heterocycles. The first-order valence-electron chi connectivity index (χ1n) is 8.53. The van der Waals surface area contributed by atoms with Crippen molar-refractivity contribution in [2.24, 2.45) is 0 Å². The van der Waals surface area contributed by atoms with Gasteiger partial charge in [0.15, 0.2) is 0 Å². The number of amides is 1. The average Bonchev–Trinajstić information content (AvgIpc) is 2.68. The lowest BCUT2D eigenvalue weighted by Crippen LogP contribution is -2.40. The van der Waals surface area contributed by atoms with E-state index < -0.39 is 0 Å². The number of hydrogen-bond acceptors (Lipinski definition) is 1. The first-order valence-corrected chi connectivity index (χ1v) is 8.91. The summed E-state index contributed by atoms with van der Waals surface area (Å²) in [7, 11) is 0. The Hall–Kier alpha value is -2.65. The minimum atomic E-state index is -0.347. The van der Waals surface area contributed by atoms with Crippen molar-refractivity contribution in [3.8, 4) is 0 Å². The van der Waals surface area contributed by atoms with Crippen LogP contribution in [-0.2, 0) is 6.42 Å². The molecule has 4 rings (SSSR count). The van der Waals surface area contributed by atoms with Gasteiger partial charge in [-0.25, -0.2) is 4.39 Å². The number of carbonyl (C=O) groups is 1. The number of fused-ring (bicyclic) bond motifs is 1. The lowest BCUT2D eigenvalue weighted by atomic mass is 9.87. The van der Waals surface area contributed by atoms with E-state index in [0.29, 0.717) is 17.1 Å². The summed E-state index contributed by atoms with van der Waals surface area (Å²) in [5.41, 5.74) is 3.87. The summed E-state index contributed by atoms with van der Waals surface area (Å²) in [4.78, 5) is 15.0. The third-order valence-electron chi connectivity index (χ3n) is 4.82. The highest BCUT2D eigenvalue weighted by molar-refractivity contribution is 6.30. The van der Waals surface area contributed by atoms with Gasteiger partial charge in [0, 0.05) is 17.1 Å². The smallest absolute Gasteiger partial charge is 0.254 e. The zero-order chi connectivity index (χ0) is 18.1. The van der Waals surface area contributed by atoms with E-state index in [4.69, 9.17) is 11.6 Å². The van der Waals surface area contributed by atoms with Gasteiger partial charge in [0.2, 0.25) is 0 Å². The Morgan fingerprint density at radius 1 is 0.962 bits per heavy atom. The number of benzene rings is 3. The van der Waals surface area contributed by atoms with Crippen molar-refractivity contribution < 1.29 is 9.18 Å². The van der Waals surface area contributed by atoms with Crippen molar-refractivity contribution in [3.63, 3.8) is 0 Å². The topological polar surface area (TPSA) is 20.3 Å². The van der Waals surface area contributed by atoms with Crippen LogP contribution in [0.1, 0.15) is 33.1 Å². The molecule has 1 aliphatic rings. The Morgan fingerprint density at radius 3 is 2.38 bits per heavy atom. The van der Waals surface area contributed by atoms with Crippen LogP contribution >= 0.6 is 11.6 Å². The molecule has 3 aromatic rings. The van der Waals surface area contributed by atoms with Gasteiger partial charge in [-0.2, -0.15) is 0 Å². The fourth-order valence-corrected chi connectivity index (χ4v) is 3.67. The monoisotopic (exact) mass is 365 g/mol. The Kier molecular flexibility index (Phi) is 4.48. The van der Waals surface area contributed by atoms with Crippen molar-refractivity contribution in [1.29, 1.82) is 0 Å². The van der Waals surface area contributed by atoms with Crippen LogP contribution in [0.25, 0.3) is 0 Å². The lowest BCUT2D eigenvalue weighted by Gasteiger charge is -2.38. The highest BCUT2D eigenvalue weighted by Gasteiger charge is 2.32. The van der Waals surface area contributed by atoms with Gasteiger partial charge in [-0.15, -0.1) is 0 Å². The molecule has 0 N–H and O–H groups in total. The average molecular weight is 366 g/mol. The van der Waals surface area contributed by atoms with Crippen LogP contribution in [0.4, 0.5) is 4.39 Å². The predicted molar refractivity (Wildman–Crippen MR) is 101 cm³/mol.